The van der Waals surface area contributed by atoms with Gasteiger partial charge in [-0.25, -0.2) is 4.39 Å². The lowest BCUT2D eigenvalue weighted by Gasteiger charge is -2.13. The van der Waals surface area contributed by atoms with Crippen molar-refractivity contribution in [3.63, 3.8) is 0 Å². The lowest BCUT2D eigenvalue weighted by atomic mass is 10.0. The van der Waals surface area contributed by atoms with E-state index in [1.54, 1.807) is 6.07 Å². The zero-order chi connectivity index (χ0) is 11.8. The Labute approximate surface area is 104 Å². The predicted molar refractivity (Wildman–Crippen MR) is 67.9 cm³/mol. The van der Waals surface area contributed by atoms with Crippen molar-refractivity contribution in [1.29, 1.82) is 0 Å². The number of nitrogens with one attached hydrogen (secondary N) is 1. The summed E-state index contributed by atoms with van der Waals surface area (Å²) in [6, 6.07) is 12.9. The van der Waals surface area contributed by atoms with Gasteiger partial charge >= 0.3 is 0 Å². The van der Waals surface area contributed by atoms with Crippen molar-refractivity contribution in [2.24, 2.45) is 0 Å². The van der Waals surface area contributed by atoms with Crippen LogP contribution in [-0.2, 0) is 6.42 Å². The highest BCUT2D eigenvalue weighted by atomic mass is 35.5. The molecule has 0 saturated heterocycles. The minimum atomic E-state index is -0.149. The molecule has 17 heavy (non-hydrogen) atoms. The van der Waals surface area contributed by atoms with Crippen molar-refractivity contribution in [2.45, 2.75) is 12.5 Å². The van der Waals surface area contributed by atoms with Crippen LogP contribution in [0, 0.1) is 5.82 Å². The van der Waals surface area contributed by atoms with E-state index < -0.39 is 0 Å². The molecule has 0 spiro atoms. The lowest BCUT2D eigenvalue weighted by Crippen LogP contribution is -2.06. The zero-order valence-corrected chi connectivity index (χ0v) is 9.84. The topological polar surface area (TPSA) is 12.0 Å². The van der Waals surface area contributed by atoms with E-state index in [0.29, 0.717) is 6.42 Å². The van der Waals surface area contributed by atoms with Gasteiger partial charge in [-0.3, -0.25) is 0 Å². The third kappa shape index (κ3) is 1.79. The molecule has 1 unspecified atom stereocenters. The molecule has 2 aromatic rings. The molecule has 3 rings (SSSR count). The van der Waals surface area contributed by atoms with Crippen LogP contribution in [0.4, 0.5) is 10.1 Å². The number of hydrogen-bond acceptors (Lipinski definition) is 1. The molecular formula is C14H11ClFN. The summed E-state index contributed by atoms with van der Waals surface area (Å²) in [6.45, 7) is 0. The first-order chi connectivity index (χ1) is 8.25. The van der Waals surface area contributed by atoms with Gasteiger partial charge in [0.15, 0.2) is 0 Å². The second kappa shape index (κ2) is 4.04. The molecule has 0 bridgehead atoms. The Balaban J connectivity index is 1.97. The van der Waals surface area contributed by atoms with Gasteiger partial charge in [-0.2, -0.15) is 0 Å². The van der Waals surface area contributed by atoms with Crippen molar-refractivity contribution >= 4 is 17.3 Å². The van der Waals surface area contributed by atoms with Crippen LogP contribution in [0.5, 0.6) is 0 Å². The SMILES string of the molecule is Fc1cccc2c1CC(c1ccccc1Cl)N2. The number of halogens is 2. The molecule has 1 heterocycles. The third-order valence-electron chi connectivity index (χ3n) is 3.14. The summed E-state index contributed by atoms with van der Waals surface area (Å²) in [6.07, 6.45) is 0.645. The number of hydrogen-bond donors (Lipinski definition) is 1. The van der Waals surface area contributed by atoms with Gasteiger partial charge in [-0.15, -0.1) is 0 Å². The van der Waals surface area contributed by atoms with Crippen LogP contribution in [0.25, 0.3) is 0 Å². The van der Waals surface area contributed by atoms with E-state index in [1.807, 2.05) is 30.3 Å². The van der Waals surface area contributed by atoms with Crippen LogP contribution in [0.15, 0.2) is 42.5 Å². The first-order valence-electron chi connectivity index (χ1n) is 5.54. The maximum atomic E-state index is 13.6. The highest BCUT2D eigenvalue weighted by molar-refractivity contribution is 6.31. The molecule has 0 saturated carbocycles. The van der Waals surface area contributed by atoms with Crippen molar-refractivity contribution in [1.82, 2.24) is 0 Å². The highest BCUT2D eigenvalue weighted by Gasteiger charge is 2.25. The van der Waals surface area contributed by atoms with E-state index in [1.165, 1.54) is 6.07 Å². The molecule has 1 aliphatic rings. The Morgan fingerprint density at radius 3 is 2.71 bits per heavy atom. The summed E-state index contributed by atoms with van der Waals surface area (Å²) >= 11 is 6.15. The molecule has 3 heteroatoms. The first kappa shape index (κ1) is 10.6. The average molecular weight is 248 g/mol. The summed E-state index contributed by atoms with van der Waals surface area (Å²) < 4.78 is 13.6. The summed E-state index contributed by atoms with van der Waals surface area (Å²) in [5.74, 6) is -0.149. The first-order valence-corrected chi connectivity index (χ1v) is 5.92. The molecule has 0 fully saturated rings. The van der Waals surface area contributed by atoms with Gasteiger partial charge in [0.25, 0.3) is 0 Å². The Kier molecular flexibility index (Phi) is 2.52. The van der Waals surface area contributed by atoms with Crippen LogP contribution in [-0.4, -0.2) is 0 Å². The second-order valence-corrected chi connectivity index (χ2v) is 4.60. The summed E-state index contributed by atoms with van der Waals surface area (Å²) in [5, 5.41) is 4.03. The summed E-state index contributed by atoms with van der Waals surface area (Å²) in [5.41, 5.74) is 2.64. The fourth-order valence-corrected chi connectivity index (χ4v) is 2.56. The molecule has 86 valence electrons. The minimum Gasteiger partial charge on any atom is -0.378 e. The molecule has 0 aromatic heterocycles. The molecule has 2 aromatic carbocycles. The van der Waals surface area contributed by atoms with Crippen molar-refractivity contribution in [2.75, 3.05) is 5.32 Å². The molecule has 1 atom stereocenters. The molecule has 0 radical (unpaired) electrons. The lowest BCUT2D eigenvalue weighted by molar-refractivity contribution is 0.610. The van der Waals surface area contributed by atoms with E-state index in [2.05, 4.69) is 5.32 Å². The van der Waals surface area contributed by atoms with E-state index in [4.69, 9.17) is 11.6 Å². The molecule has 1 nitrogen and oxygen atoms in total. The van der Waals surface area contributed by atoms with Crippen molar-refractivity contribution in [3.8, 4) is 0 Å². The largest absolute Gasteiger partial charge is 0.378 e. The van der Waals surface area contributed by atoms with E-state index in [0.717, 1.165) is 21.8 Å². The molecular weight excluding hydrogens is 237 g/mol. The Morgan fingerprint density at radius 2 is 1.94 bits per heavy atom. The monoisotopic (exact) mass is 247 g/mol. The van der Waals surface area contributed by atoms with Gasteiger partial charge in [0, 0.05) is 22.7 Å². The van der Waals surface area contributed by atoms with Crippen molar-refractivity contribution in [3.05, 3.63) is 64.4 Å². The quantitative estimate of drug-likeness (QED) is 0.797. The Bertz CT molecular complexity index is 568. The predicted octanol–water partition coefficient (Wildman–Crippen LogP) is 4.19. The van der Waals surface area contributed by atoms with Crippen molar-refractivity contribution < 1.29 is 4.39 Å². The number of benzene rings is 2. The second-order valence-electron chi connectivity index (χ2n) is 4.19. The summed E-state index contributed by atoms with van der Waals surface area (Å²) in [7, 11) is 0. The maximum Gasteiger partial charge on any atom is 0.128 e. The fourth-order valence-electron chi connectivity index (χ4n) is 2.29. The van der Waals surface area contributed by atoms with Crippen LogP contribution >= 0.6 is 11.6 Å². The van der Waals surface area contributed by atoms with Gasteiger partial charge < -0.3 is 5.32 Å². The average Bonchev–Trinajstić information content (AvgIpc) is 2.75. The minimum absolute atomic E-state index is 0.0654. The van der Waals surface area contributed by atoms with Gasteiger partial charge in [0.1, 0.15) is 5.82 Å². The van der Waals surface area contributed by atoms with Gasteiger partial charge in [-0.05, 0) is 23.8 Å². The third-order valence-corrected chi connectivity index (χ3v) is 3.48. The Hall–Kier alpha value is -1.54. The molecule has 0 amide bonds. The van der Waals surface area contributed by atoms with Gasteiger partial charge in [0.2, 0.25) is 0 Å². The van der Waals surface area contributed by atoms with E-state index in [-0.39, 0.29) is 11.9 Å². The van der Waals surface area contributed by atoms with E-state index >= 15 is 0 Å². The van der Waals surface area contributed by atoms with E-state index in [9.17, 15) is 4.39 Å². The van der Waals surface area contributed by atoms with Crippen LogP contribution in [0.3, 0.4) is 0 Å². The number of anilines is 1. The molecule has 0 aliphatic carbocycles. The number of rotatable bonds is 1. The Morgan fingerprint density at radius 1 is 1.12 bits per heavy atom. The van der Waals surface area contributed by atoms with Crippen LogP contribution < -0.4 is 5.32 Å². The maximum absolute atomic E-state index is 13.6. The van der Waals surface area contributed by atoms with Crippen LogP contribution in [0.2, 0.25) is 5.02 Å². The fraction of sp³-hybridized carbons (Fsp3) is 0.143. The standard InChI is InChI=1S/C14H11ClFN/c15-11-5-2-1-4-9(11)14-8-10-12(16)6-3-7-13(10)17-14/h1-7,14,17H,8H2. The smallest absolute Gasteiger partial charge is 0.128 e. The zero-order valence-electron chi connectivity index (χ0n) is 9.08. The van der Waals surface area contributed by atoms with Crippen LogP contribution in [0.1, 0.15) is 17.2 Å². The van der Waals surface area contributed by atoms with Gasteiger partial charge in [-0.1, -0.05) is 35.9 Å². The normalized spacial score (nSPS) is 17.6. The van der Waals surface area contributed by atoms with Gasteiger partial charge in [0.05, 0.1) is 6.04 Å². The molecule has 1 N–H and O–H groups in total. The highest BCUT2D eigenvalue weighted by Crippen LogP contribution is 2.37. The number of fused-ring (bicyclic) bond motifs is 1. The molecule has 1 aliphatic heterocycles. The summed E-state index contributed by atoms with van der Waals surface area (Å²) in [4.78, 5) is 0.